The fourth-order valence-corrected chi connectivity index (χ4v) is 2.45. The van der Waals surface area contributed by atoms with Crippen molar-refractivity contribution in [3.05, 3.63) is 26.9 Å². The van der Waals surface area contributed by atoms with Gasteiger partial charge in [0.2, 0.25) is 5.91 Å². The molecule has 1 saturated carbocycles. The molecule has 0 spiro atoms. The molecule has 1 amide bonds. The Kier molecular flexibility index (Phi) is 3.87. The van der Waals surface area contributed by atoms with Crippen molar-refractivity contribution >= 4 is 11.7 Å². The molecule has 6 nitrogen and oxygen atoms in total. The third-order valence-electron chi connectivity index (χ3n) is 3.75. The molecule has 0 aromatic carbocycles. The molecule has 1 aromatic heterocycles. The molecule has 0 unspecified atom stereocenters. The zero-order chi connectivity index (χ0) is 14.0. The van der Waals surface area contributed by atoms with Crippen molar-refractivity contribution in [3.63, 3.8) is 0 Å². The van der Waals surface area contributed by atoms with Crippen LogP contribution in [0.25, 0.3) is 0 Å². The first-order chi connectivity index (χ1) is 9.00. The minimum atomic E-state index is -0.438. The van der Waals surface area contributed by atoms with Gasteiger partial charge in [-0.2, -0.15) is 0 Å². The topological polar surface area (TPSA) is 73.1 Å². The number of hydrogen-bond donors (Lipinski definition) is 1. The molecule has 6 heteroatoms. The average Bonchev–Trinajstić information content (AvgIpc) is 2.43. The van der Waals surface area contributed by atoms with Crippen LogP contribution in [0.5, 0.6) is 0 Å². The van der Waals surface area contributed by atoms with Crippen molar-refractivity contribution in [2.45, 2.75) is 32.1 Å². The van der Waals surface area contributed by atoms with Crippen molar-refractivity contribution in [1.29, 1.82) is 0 Å². The third kappa shape index (κ3) is 2.77. The molecule has 1 heterocycles. The Bertz CT molecular complexity index is 594. The van der Waals surface area contributed by atoms with Gasteiger partial charge in [-0.05, 0) is 12.8 Å². The van der Waals surface area contributed by atoms with Crippen molar-refractivity contribution < 1.29 is 4.79 Å². The summed E-state index contributed by atoms with van der Waals surface area (Å²) in [5.41, 5.74) is -0.853. The number of nitrogens with zero attached hydrogens (tertiary/aromatic N) is 2. The summed E-state index contributed by atoms with van der Waals surface area (Å²) in [4.78, 5) is 35.4. The van der Waals surface area contributed by atoms with Gasteiger partial charge in [-0.1, -0.05) is 19.3 Å². The Labute approximate surface area is 111 Å². The highest BCUT2D eigenvalue weighted by Gasteiger charge is 2.22. The highest BCUT2D eigenvalue weighted by molar-refractivity contribution is 5.91. The van der Waals surface area contributed by atoms with E-state index in [9.17, 15) is 14.4 Å². The van der Waals surface area contributed by atoms with E-state index >= 15 is 0 Å². The second-order valence-corrected chi connectivity index (χ2v) is 5.09. The van der Waals surface area contributed by atoms with Crippen LogP contribution < -0.4 is 16.6 Å². The van der Waals surface area contributed by atoms with Gasteiger partial charge >= 0.3 is 5.69 Å². The summed E-state index contributed by atoms with van der Waals surface area (Å²) in [6, 6.07) is 1.28. The largest absolute Gasteiger partial charge is 0.332 e. The van der Waals surface area contributed by atoms with E-state index in [4.69, 9.17) is 0 Å². The van der Waals surface area contributed by atoms with Crippen molar-refractivity contribution in [3.8, 4) is 0 Å². The van der Waals surface area contributed by atoms with E-state index in [2.05, 4.69) is 5.32 Å². The number of carbonyl (C=O) groups is 1. The Morgan fingerprint density at radius 3 is 2.42 bits per heavy atom. The summed E-state index contributed by atoms with van der Waals surface area (Å²) < 4.78 is 2.29. The molecule has 2 rings (SSSR count). The van der Waals surface area contributed by atoms with Gasteiger partial charge in [0.1, 0.15) is 5.82 Å². The highest BCUT2D eigenvalue weighted by Crippen LogP contribution is 2.24. The summed E-state index contributed by atoms with van der Waals surface area (Å²) in [6.07, 6.45) is 5.06. The first kappa shape index (κ1) is 13.6. The molecule has 1 fully saturated rings. The predicted octanol–water partition coefficient (Wildman–Crippen LogP) is 0.603. The molecular weight excluding hydrogens is 246 g/mol. The van der Waals surface area contributed by atoms with Crippen LogP contribution in [-0.4, -0.2) is 15.0 Å². The van der Waals surface area contributed by atoms with Crippen LogP contribution in [0, 0.1) is 5.92 Å². The summed E-state index contributed by atoms with van der Waals surface area (Å²) in [5, 5.41) is 2.70. The Morgan fingerprint density at radius 1 is 1.16 bits per heavy atom. The molecule has 0 bridgehead atoms. The smallest absolute Gasteiger partial charge is 0.312 e. The molecule has 0 atom stereocenters. The van der Waals surface area contributed by atoms with Gasteiger partial charge in [0.05, 0.1) is 0 Å². The Hall–Kier alpha value is -1.85. The normalized spacial score (nSPS) is 16.3. The average molecular weight is 265 g/mol. The molecular formula is C13H19N3O3. The van der Waals surface area contributed by atoms with Crippen molar-refractivity contribution in [2.24, 2.45) is 20.0 Å². The number of aromatic nitrogens is 2. The zero-order valence-electron chi connectivity index (χ0n) is 11.3. The molecule has 104 valence electrons. The molecule has 19 heavy (non-hydrogen) atoms. The third-order valence-corrected chi connectivity index (χ3v) is 3.75. The molecule has 1 N–H and O–H groups in total. The number of rotatable bonds is 2. The lowest BCUT2D eigenvalue weighted by Crippen LogP contribution is -2.38. The lowest BCUT2D eigenvalue weighted by molar-refractivity contribution is -0.120. The molecule has 1 aromatic rings. The van der Waals surface area contributed by atoms with Crippen LogP contribution in [0.2, 0.25) is 0 Å². The first-order valence-corrected chi connectivity index (χ1v) is 6.58. The fourth-order valence-electron chi connectivity index (χ4n) is 2.45. The minimum absolute atomic E-state index is 0.00656. The quantitative estimate of drug-likeness (QED) is 0.851. The summed E-state index contributed by atoms with van der Waals surface area (Å²) in [6.45, 7) is 0. The second kappa shape index (κ2) is 5.42. The van der Waals surface area contributed by atoms with Gasteiger partial charge < -0.3 is 5.32 Å². The van der Waals surface area contributed by atoms with Crippen molar-refractivity contribution in [1.82, 2.24) is 9.13 Å². The summed E-state index contributed by atoms with van der Waals surface area (Å²) in [5.74, 6) is 0.166. The van der Waals surface area contributed by atoms with Gasteiger partial charge in [0.25, 0.3) is 5.56 Å². The number of hydrogen-bond acceptors (Lipinski definition) is 3. The number of nitrogens with one attached hydrogen (secondary N) is 1. The van der Waals surface area contributed by atoms with Crippen LogP contribution in [-0.2, 0) is 18.9 Å². The number of amides is 1. The van der Waals surface area contributed by atoms with Crippen LogP contribution in [0.4, 0.5) is 5.82 Å². The van der Waals surface area contributed by atoms with Crippen molar-refractivity contribution in [2.75, 3.05) is 5.32 Å². The van der Waals surface area contributed by atoms with Gasteiger partial charge in [-0.25, -0.2) is 4.79 Å². The van der Waals surface area contributed by atoms with E-state index in [1.54, 1.807) is 0 Å². The SMILES string of the molecule is Cn1c(NC(=O)C2CCCCC2)cc(=O)n(C)c1=O. The molecule has 0 saturated heterocycles. The van der Waals surface area contributed by atoms with E-state index in [1.165, 1.54) is 31.1 Å². The van der Waals surface area contributed by atoms with Crippen LogP contribution >= 0.6 is 0 Å². The first-order valence-electron chi connectivity index (χ1n) is 6.58. The molecule has 1 aliphatic rings. The molecule has 1 aliphatic carbocycles. The van der Waals surface area contributed by atoms with Gasteiger partial charge in [-0.3, -0.25) is 18.7 Å². The second-order valence-electron chi connectivity index (χ2n) is 5.09. The molecule has 0 radical (unpaired) electrons. The summed E-state index contributed by atoms with van der Waals surface area (Å²) >= 11 is 0. The van der Waals surface area contributed by atoms with Gasteiger partial charge in [0.15, 0.2) is 0 Å². The molecule has 0 aliphatic heterocycles. The highest BCUT2D eigenvalue weighted by atomic mass is 16.2. The lowest BCUT2D eigenvalue weighted by Gasteiger charge is -2.21. The lowest BCUT2D eigenvalue weighted by atomic mass is 9.89. The van der Waals surface area contributed by atoms with Crippen LogP contribution in [0.15, 0.2) is 15.7 Å². The number of carbonyl (C=O) groups excluding carboxylic acids is 1. The maximum absolute atomic E-state index is 12.1. The van der Waals surface area contributed by atoms with E-state index in [-0.39, 0.29) is 17.6 Å². The summed E-state index contributed by atoms with van der Waals surface area (Å²) in [7, 11) is 2.95. The number of anilines is 1. The van der Waals surface area contributed by atoms with E-state index in [1.807, 2.05) is 0 Å². The zero-order valence-corrected chi connectivity index (χ0v) is 11.3. The Morgan fingerprint density at radius 2 is 1.79 bits per heavy atom. The maximum Gasteiger partial charge on any atom is 0.332 e. The van der Waals surface area contributed by atoms with E-state index in [0.717, 1.165) is 30.3 Å². The standard InChI is InChI=1S/C13H19N3O3/c1-15-10(8-11(17)16(2)13(15)19)14-12(18)9-6-4-3-5-7-9/h8-9H,3-7H2,1-2H3,(H,14,18). The maximum atomic E-state index is 12.1. The van der Waals surface area contributed by atoms with Gasteiger partial charge in [0, 0.05) is 26.1 Å². The van der Waals surface area contributed by atoms with E-state index < -0.39 is 11.2 Å². The van der Waals surface area contributed by atoms with E-state index in [0.29, 0.717) is 0 Å². The van der Waals surface area contributed by atoms with Crippen LogP contribution in [0.3, 0.4) is 0 Å². The Balaban J connectivity index is 2.21. The minimum Gasteiger partial charge on any atom is -0.312 e. The predicted molar refractivity (Wildman–Crippen MR) is 72.1 cm³/mol. The monoisotopic (exact) mass is 265 g/mol. The fraction of sp³-hybridized carbons (Fsp3) is 0.615. The van der Waals surface area contributed by atoms with Crippen LogP contribution in [0.1, 0.15) is 32.1 Å². The van der Waals surface area contributed by atoms with Gasteiger partial charge in [-0.15, -0.1) is 0 Å².